The molecule has 316 valence electrons. The Kier molecular flexibility index (Phi) is 17.1. The van der Waals surface area contributed by atoms with Crippen molar-refractivity contribution in [1.29, 1.82) is 0 Å². The molecule has 0 aromatic carbocycles. The minimum Gasteiger partial charge on any atom is -0.456 e. The Morgan fingerprint density at radius 1 is 0.964 bits per heavy atom. The van der Waals surface area contributed by atoms with Crippen molar-refractivity contribution in [3.63, 3.8) is 0 Å². The van der Waals surface area contributed by atoms with Crippen molar-refractivity contribution in [3.05, 3.63) is 48.1 Å². The number of allylic oxidation sites excluding steroid dienone is 3. The molecule has 3 N–H and O–H groups in total. The number of ether oxygens (including phenoxy) is 5. The quantitative estimate of drug-likeness (QED) is 0.176. The van der Waals surface area contributed by atoms with Crippen molar-refractivity contribution in [2.45, 2.75) is 153 Å². The average molecular weight is 788 g/mol. The van der Waals surface area contributed by atoms with Crippen LogP contribution in [0.4, 0.5) is 0 Å². The van der Waals surface area contributed by atoms with E-state index < -0.39 is 72.0 Å². The lowest BCUT2D eigenvalue weighted by Crippen LogP contribution is -2.64. The van der Waals surface area contributed by atoms with Gasteiger partial charge >= 0.3 is 5.97 Å². The van der Waals surface area contributed by atoms with Gasteiger partial charge in [0, 0.05) is 45.6 Å². The Morgan fingerprint density at radius 2 is 1.64 bits per heavy atom. The number of ketones is 1. The maximum Gasteiger partial charge on any atom is 0.329 e. The van der Waals surface area contributed by atoms with E-state index in [1.54, 1.807) is 40.4 Å². The zero-order chi connectivity index (χ0) is 41.3. The van der Waals surface area contributed by atoms with Gasteiger partial charge in [-0.2, -0.15) is 0 Å². The third-order valence-corrected chi connectivity index (χ3v) is 12.5. The van der Waals surface area contributed by atoms with Crippen LogP contribution in [0, 0.1) is 29.6 Å². The Hall–Kier alpha value is -2.71. The van der Waals surface area contributed by atoms with Crippen LogP contribution in [0.2, 0.25) is 0 Å². The second-order valence-corrected chi connectivity index (χ2v) is 17.0. The van der Waals surface area contributed by atoms with Gasteiger partial charge in [-0.3, -0.25) is 9.59 Å². The van der Waals surface area contributed by atoms with Crippen LogP contribution in [-0.4, -0.2) is 120 Å². The standard InChI is InChI=1S/C44H69NO11/c1-10-13-32-21-26(2)20-27(3)22-37(53-8)40-38(54-9)24-30(6)44(51,56-40)41(48)42(49)45-19-12-11-14-33(45)43(50)55-39(28(4)15-17-34(32)46)29(5)23-31-16-18-35(47)36(25-31)52-7/h10,15,17,21,23,27-28,30-40,46-47,51H,1,11-14,16,18-20,22,24-25H2,2-9H3/b17-15+,26-21+,29-23?. The number of cyclic esters (lactones) is 1. The molecular formula is C44H69NO11. The highest BCUT2D eigenvalue weighted by molar-refractivity contribution is 6.39. The molecule has 14 atom stereocenters. The maximum absolute atomic E-state index is 14.3. The Labute approximate surface area is 334 Å². The fraction of sp³-hybridized carbons (Fsp3) is 0.750. The van der Waals surface area contributed by atoms with Crippen LogP contribution in [0.5, 0.6) is 0 Å². The van der Waals surface area contributed by atoms with E-state index in [1.165, 1.54) is 4.90 Å². The van der Waals surface area contributed by atoms with E-state index in [0.29, 0.717) is 44.9 Å². The van der Waals surface area contributed by atoms with Crippen molar-refractivity contribution in [2.75, 3.05) is 27.9 Å². The highest BCUT2D eigenvalue weighted by Gasteiger charge is 2.56. The number of carbonyl (C=O) groups excluding carboxylic acids is 3. The molecule has 3 heterocycles. The molecule has 2 bridgehead atoms. The van der Waals surface area contributed by atoms with Gasteiger partial charge in [-0.25, -0.2) is 4.79 Å². The summed E-state index contributed by atoms with van der Waals surface area (Å²) in [6, 6.07) is -1.06. The molecule has 1 saturated carbocycles. The molecule has 12 heteroatoms. The number of hydrogen-bond acceptors (Lipinski definition) is 11. The number of aliphatic hydroxyl groups is 3. The van der Waals surface area contributed by atoms with Gasteiger partial charge < -0.3 is 43.9 Å². The molecule has 0 aromatic rings. The fourth-order valence-corrected chi connectivity index (χ4v) is 9.26. The first-order valence-corrected chi connectivity index (χ1v) is 20.6. The third kappa shape index (κ3) is 11.1. The zero-order valence-electron chi connectivity index (χ0n) is 34.9. The largest absolute Gasteiger partial charge is 0.456 e. The number of methoxy groups -OCH3 is 3. The molecule has 4 rings (SSSR count). The minimum absolute atomic E-state index is 0.0734. The summed E-state index contributed by atoms with van der Waals surface area (Å²) in [6.07, 6.45) is 10.5. The summed E-state index contributed by atoms with van der Waals surface area (Å²) in [5.74, 6) is -6.53. The predicted molar refractivity (Wildman–Crippen MR) is 212 cm³/mol. The molecule has 1 aliphatic carbocycles. The van der Waals surface area contributed by atoms with Crippen LogP contribution in [-0.2, 0) is 38.1 Å². The van der Waals surface area contributed by atoms with Crippen molar-refractivity contribution >= 4 is 17.7 Å². The maximum atomic E-state index is 14.3. The van der Waals surface area contributed by atoms with Gasteiger partial charge in [0.05, 0.1) is 30.5 Å². The molecule has 12 nitrogen and oxygen atoms in total. The van der Waals surface area contributed by atoms with Crippen molar-refractivity contribution in [2.24, 2.45) is 29.6 Å². The average Bonchev–Trinajstić information content (AvgIpc) is 3.18. The summed E-state index contributed by atoms with van der Waals surface area (Å²) in [5, 5.41) is 34.0. The van der Waals surface area contributed by atoms with Gasteiger partial charge in [-0.1, -0.05) is 56.7 Å². The summed E-state index contributed by atoms with van der Waals surface area (Å²) >= 11 is 0. The molecule has 2 saturated heterocycles. The number of Topliss-reactive ketones (excluding diaryl/α,β-unsaturated/α-hetero) is 1. The number of fused-ring (bicyclic) bond motifs is 3. The summed E-state index contributed by atoms with van der Waals surface area (Å²) < 4.78 is 29.9. The van der Waals surface area contributed by atoms with E-state index in [2.05, 4.69) is 25.7 Å². The van der Waals surface area contributed by atoms with Gasteiger partial charge in [0.25, 0.3) is 11.7 Å². The molecule has 1 amide bonds. The normalized spacial score (nSPS) is 41.7. The molecular weight excluding hydrogens is 718 g/mol. The first-order valence-electron chi connectivity index (χ1n) is 20.6. The highest BCUT2D eigenvalue weighted by Crippen LogP contribution is 2.39. The Morgan fingerprint density at radius 3 is 2.30 bits per heavy atom. The summed E-state index contributed by atoms with van der Waals surface area (Å²) in [4.78, 5) is 43.9. The smallest absolute Gasteiger partial charge is 0.329 e. The van der Waals surface area contributed by atoms with Gasteiger partial charge in [0.2, 0.25) is 5.79 Å². The molecule has 0 aromatic heterocycles. The number of hydrogen-bond donors (Lipinski definition) is 3. The molecule has 4 aliphatic rings. The fourth-order valence-electron chi connectivity index (χ4n) is 9.26. The molecule has 3 aliphatic heterocycles. The second kappa shape index (κ2) is 20.8. The molecule has 0 spiro atoms. The van der Waals surface area contributed by atoms with Gasteiger partial charge in [0.1, 0.15) is 18.2 Å². The number of piperidine rings is 1. The lowest BCUT2D eigenvalue weighted by molar-refractivity contribution is -0.302. The van der Waals surface area contributed by atoms with Gasteiger partial charge in [-0.15, -0.1) is 6.58 Å². The molecule has 0 radical (unpaired) electrons. The Bertz CT molecular complexity index is 1440. The minimum atomic E-state index is -2.47. The van der Waals surface area contributed by atoms with E-state index in [0.717, 1.165) is 17.6 Å². The number of amides is 1. The monoisotopic (exact) mass is 787 g/mol. The molecule has 3 fully saturated rings. The van der Waals surface area contributed by atoms with Gasteiger partial charge in [0.15, 0.2) is 0 Å². The van der Waals surface area contributed by atoms with E-state index in [9.17, 15) is 29.7 Å². The number of esters is 1. The van der Waals surface area contributed by atoms with E-state index >= 15 is 0 Å². The first kappa shape index (κ1) is 46.0. The zero-order valence-corrected chi connectivity index (χ0v) is 34.9. The summed E-state index contributed by atoms with van der Waals surface area (Å²) in [6.45, 7) is 13.7. The van der Waals surface area contributed by atoms with Crippen molar-refractivity contribution < 1.29 is 53.4 Å². The third-order valence-electron chi connectivity index (χ3n) is 12.5. The summed E-state index contributed by atoms with van der Waals surface area (Å²) in [7, 11) is 4.69. The van der Waals surface area contributed by atoms with Crippen LogP contribution < -0.4 is 0 Å². The molecule has 56 heavy (non-hydrogen) atoms. The number of aliphatic hydroxyl groups excluding tert-OH is 2. The van der Waals surface area contributed by atoms with Crippen LogP contribution in [0.15, 0.2) is 48.1 Å². The van der Waals surface area contributed by atoms with Crippen molar-refractivity contribution in [1.82, 2.24) is 4.90 Å². The number of nitrogens with zero attached hydrogens (tertiary/aromatic N) is 1. The SMILES string of the molecule is C=CCC1/C=C(\C)CC(C)CC(OC)C2OC(O)(C(=O)C(=O)N3CCCCC3C(=O)OC(C(C)=CC3CCC(O)C(OC)C3)C(C)/C=C/C1O)C(C)CC2OC. The lowest BCUT2D eigenvalue weighted by atomic mass is 9.82. The topological polar surface area (TPSA) is 161 Å². The van der Waals surface area contributed by atoms with Crippen molar-refractivity contribution in [3.8, 4) is 0 Å². The predicted octanol–water partition coefficient (Wildman–Crippen LogP) is 5.24. The van der Waals surface area contributed by atoms with Crippen LogP contribution in [0.25, 0.3) is 0 Å². The van der Waals surface area contributed by atoms with Crippen LogP contribution in [0.1, 0.15) is 98.8 Å². The van der Waals surface area contributed by atoms with Gasteiger partial charge in [-0.05, 0) is 95.5 Å². The second-order valence-electron chi connectivity index (χ2n) is 17.0. The van der Waals surface area contributed by atoms with E-state index in [4.69, 9.17) is 23.7 Å². The molecule has 14 unspecified atom stereocenters. The number of carbonyl (C=O) groups is 3. The first-order chi connectivity index (χ1) is 26.6. The summed E-state index contributed by atoms with van der Waals surface area (Å²) in [5.41, 5.74) is 1.86. The Balaban J connectivity index is 1.77. The lowest BCUT2D eigenvalue weighted by Gasteiger charge is -2.47. The van der Waals surface area contributed by atoms with Crippen LogP contribution in [0.3, 0.4) is 0 Å². The van der Waals surface area contributed by atoms with E-state index in [-0.39, 0.29) is 49.2 Å². The van der Waals surface area contributed by atoms with Crippen LogP contribution >= 0.6 is 0 Å². The highest BCUT2D eigenvalue weighted by atomic mass is 16.7. The number of rotatable bonds is 7. The van der Waals surface area contributed by atoms with E-state index in [1.807, 2.05) is 26.8 Å².